The standard InChI is InChI=1S/C45H29N3O/c1-3-13-30(14-4-1)31-25-27-33(28-26-31)43-46-44(48-45(47-43)38-20-8-7-19-36(38)32-15-5-2-6-16-32)35-18-11-17-34(29-35)37-22-12-24-41-42(37)39-21-9-10-23-40(39)49-41/h1-29H. The minimum Gasteiger partial charge on any atom is -0.456 e. The largest absolute Gasteiger partial charge is 0.456 e. The van der Waals surface area contributed by atoms with Crippen LogP contribution in [0.3, 0.4) is 0 Å². The van der Waals surface area contributed by atoms with Gasteiger partial charge in [-0.05, 0) is 51.6 Å². The van der Waals surface area contributed by atoms with Gasteiger partial charge in [0, 0.05) is 27.5 Å². The summed E-state index contributed by atoms with van der Waals surface area (Å²) in [6.45, 7) is 0. The van der Waals surface area contributed by atoms with Gasteiger partial charge in [-0.25, -0.2) is 15.0 Å². The molecule has 0 aliphatic rings. The van der Waals surface area contributed by atoms with E-state index < -0.39 is 0 Å². The van der Waals surface area contributed by atoms with Crippen LogP contribution in [0.15, 0.2) is 180 Å². The molecule has 0 spiro atoms. The molecule has 0 N–H and O–H groups in total. The maximum Gasteiger partial charge on any atom is 0.164 e. The Bertz CT molecular complexity index is 2590. The van der Waals surface area contributed by atoms with Crippen LogP contribution in [0, 0.1) is 0 Å². The molecule has 0 unspecified atom stereocenters. The summed E-state index contributed by atoms with van der Waals surface area (Å²) in [5.74, 6) is 1.86. The molecule has 49 heavy (non-hydrogen) atoms. The molecule has 2 aromatic heterocycles. The third-order valence-corrected chi connectivity index (χ3v) is 8.97. The Morgan fingerprint density at radius 3 is 1.61 bits per heavy atom. The molecule has 0 saturated heterocycles. The van der Waals surface area contributed by atoms with Crippen LogP contribution in [-0.4, -0.2) is 15.0 Å². The Morgan fingerprint density at radius 2 is 0.816 bits per heavy atom. The molecule has 0 fully saturated rings. The lowest BCUT2D eigenvalue weighted by Crippen LogP contribution is -2.01. The van der Waals surface area contributed by atoms with Crippen molar-refractivity contribution in [2.75, 3.05) is 0 Å². The van der Waals surface area contributed by atoms with Gasteiger partial charge in [0.2, 0.25) is 0 Å². The lowest BCUT2D eigenvalue weighted by molar-refractivity contribution is 0.669. The fourth-order valence-corrected chi connectivity index (χ4v) is 6.59. The van der Waals surface area contributed by atoms with Crippen molar-refractivity contribution in [3.05, 3.63) is 176 Å². The molecular formula is C45H29N3O. The van der Waals surface area contributed by atoms with E-state index in [0.29, 0.717) is 17.5 Å². The van der Waals surface area contributed by atoms with Gasteiger partial charge in [0.15, 0.2) is 17.5 Å². The summed E-state index contributed by atoms with van der Waals surface area (Å²) in [4.78, 5) is 15.3. The van der Waals surface area contributed by atoms with Crippen molar-refractivity contribution in [3.63, 3.8) is 0 Å². The third-order valence-electron chi connectivity index (χ3n) is 8.97. The Balaban J connectivity index is 1.21. The maximum absolute atomic E-state index is 6.21. The van der Waals surface area contributed by atoms with Crippen LogP contribution in [0.4, 0.5) is 0 Å². The third kappa shape index (κ3) is 5.35. The number of fused-ring (bicyclic) bond motifs is 3. The zero-order valence-corrected chi connectivity index (χ0v) is 26.5. The van der Waals surface area contributed by atoms with Crippen LogP contribution in [-0.2, 0) is 0 Å². The topological polar surface area (TPSA) is 51.8 Å². The van der Waals surface area contributed by atoms with Crippen LogP contribution in [0.1, 0.15) is 0 Å². The molecule has 0 atom stereocenters. The van der Waals surface area contributed by atoms with Gasteiger partial charge in [0.05, 0.1) is 0 Å². The minimum absolute atomic E-state index is 0.612. The first-order valence-corrected chi connectivity index (χ1v) is 16.4. The molecule has 0 aliphatic heterocycles. The number of benzene rings is 7. The number of para-hydroxylation sites is 1. The van der Waals surface area contributed by atoms with Crippen molar-refractivity contribution < 1.29 is 4.42 Å². The SMILES string of the molecule is c1ccc(-c2ccc(-c3nc(-c4cccc(-c5cccc6oc7ccccc7c56)c4)nc(-c4ccccc4-c4ccccc4)n3)cc2)cc1. The van der Waals surface area contributed by atoms with E-state index in [9.17, 15) is 0 Å². The number of aromatic nitrogens is 3. The van der Waals surface area contributed by atoms with Gasteiger partial charge in [-0.1, -0.05) is 158 Å². The van der Waals surface area contributed by atoms with Crippen molar-refractivity contribution in [1.29, 1.82) is 0 Å². The summed E-state index contributed by atoms with van der Waals surface area (Å²) in [6.07, 6.45) is 0. The summed E-state index contributed by atoms with van der Waals surface area (Å²) >= 11 is 0. The molecule has 0 aliphatic carbocycles. The highest BCUT2D eigenvalue weighted by atomic mass is 16.3. The van der Waals surface area contributed by atoms with Crippen LogP contribution < -0.4 is 0 Å². The maximum atomic E-state index is 6.21. The van der Waals surface area contributed by atoms with E-state index in [4.69, 9.17) is 19.4 Å². The van der Waals surface area contributed by atoms with Gasteiger partial charge in [0.1, 0.15) is 11.2 Å². The second-order valence-electron chi connectivity index (χ2n) is 12.0. The first-order valence-electron chi connectivity index (χ1n) is 16.4. The highest BCUT2D eigenvalue weighted by Crippen LogP contribution is 2.38. The zero-order chi connectivity index (χ0) is 32.6. The molecule has 9 aromatic rings. The molecule has 0 bridgehead atoms. The molecule has 0 saturated carbocycles. The highest BCUT2D eigenvalue weighted by Gasteiger charge is 2.17. The Labute approximate surface area is 284 Å². The average molecular weight is 628 g/mol. The number of nitrogens with zero attached hydrogens (tertiary/aromatic N) is 3. The monoisotopic (exact) mass is 627 g/mol. The quantitative estimate of drug-likeness (QED) is 0.184. The predicted octanol–water partition coefficient (Wildman–Crippen LogP) is 11.8. The van der Waals surface area contributed by atoms with E-state index in [1.54, 1.807) is 0 Å². The van der Waals surface area contributed by atoms with Gasteiger partial charge in [0.25, 0.3) is 0 Å². The summed E-state index contributed by atoms with van der Waals surface area (Å²) in [5.41, 5.74) is 11.2. The van der Waals surface area contributed by atoms with Gasteiger partial charge in [-0.3, -0.25) is 0 Å². The van der Waals surface area contributed by atoms with Gasteiger partial charge < -0.3 is 4.42 Å². The molecule has 4 nitrogen and oxygen atoms in total. The normalized spacial score (nSPS) is 11.3. The zero-order valence-electron chi connectivity index (χ0n) is 26.5. The lowest BCUT2D eigenvalue weighted by atomic mass is 9.97. The van der Waals surface area contributed by atoms with E-state index >= 15 is 0 Å². The first-order chi connectivity index (χ1) is 24.3. The van der Waals surface area contributed by atoms with Gasteiger partial charge in [-0.15, -0.1) is 0 Å². The van der Waals surface area contributed by atoms with E-state index in [0.717, 1.165) is 66.4 Å². The fourth-order valence-electron chi connectivity index (χ4n) is 6.59. The van der Waals surface area contributed by atoms with Crippen LogP contribution in [0.2, 0.25) is 0 Å². The number of rotatable bonds is 6. The lowest BCUT2D eigenvalue weighted by Gasteiger charge is -2.13. The smallest absolute Gasteiger partial charge is 0.164 e. The van der Waals surface area contributed by atoms with E-state index in [1.807, 2.05) is 42.5 Å². The van der Waals surface area contributed by atoms with Crippen molar-refractivity contribution in [3.8, 4) is 67.5 Å². The van der Waals surface area contributed by atoms with Crippen molar-refractivity contribution in [2.45, 2.75) is 0 Å². The van der Waals surface area contributed by atoms with Crippen molar-refractivity contribution in [1.82, 2.24) is 15.0 Å². The predicted molar refractivity (Wildman–Crippen MR) is 200 cm³/mol. The summed E-state index contributed by atoms with van der Waals surface area (Å²) in [7, 11) is 0. The number of furan rings is 1. The molecule has 0 radical (unpaired) electrons. The second kappa shape index (κ2) is 12.2. The summed E-state index contributed by atoms with van der Waals surface area (Å²) in [6, 6.07) is 60.4. The molecule has 4 heteroatoms. The van der Waals surface area contributed by atoms with E-state index in [1.165, 1.54) is 5.56 Å². The fraction of sp³-hybridized carbons (Fsp3) is 0. The molecule has 0 amide bonds. The van der Waals surface area contributed by atoms with E-state index in [-0.39, 0.29) is 0 Å². The molecule has 230 valence electrons. The van der Waals surface area contributed by atoms with Gasteiger partial charge in [-0.2, -0.15) is 0 Å². The second-order valence-corrected chi connectivity index (χ2v) is 12.0. The summed E-state index contributed by atoms with van der Waals surface area (Å²) < 4.78 is 6.21. The van der Waals surface area contributed by atoms with Crippen LogP contribution in [0.5, 0.6) is 0 Å². The first kappa shape index (κ1) is 28.6. The van der Waals surface area contributed by atoms with Crippen molar-refractivity contribution >= 4 is 21.9 Å². The Kier molecular flexibility index (Phi) is 7.10. The molecule has 9 rings (SSSR count). The highest BCUT2D eigenvalue weighted by molar-refractivity contribution is 6.12. The van der Waals surface area contributed by atoms with Crippen LogP contribution >= 0.6 is 0 Å². The number of hydrogen-bond donors (Lipinski definition) is 0. The van der Waals surface area contributed by atoms with E-state index in [2.05, 4.69) is 133 Å². The average Bonchev–Trinajstić information content (AvgIpc) is 3.58. The summed E-state index contributed by atoms with van der Waals surface area (Å²) in [5, 5.41) is 2.20. The van der Waals surface area contributed by atoms with Crippen molar-refractivity contribution in [2.24, 2.45) is 0 Å². The minimum atomic E-state index is 0.612. The van der Waals surface area contributed by atoms with Gasteiger partial charge >= 0.3 is 0 Å². The Morgan fingerprint density at radius 1 is 0.306 bits per heavy atom. The molecule has 2 heterocycles. The Hall–Kier alpha value is -6.65. The molecule has 7 aromatic carbocycles. The molecular weight excluding hydrogens is 599 g/mol. The number of hydrogen-bond acceptors (Lipinski definition) is 4. The van der Waals surface area contributed by atoms with Crippen LogP contribution in [0.25, 0.3) is 89.5 Å².